The van der Waals surface area contributed by atoms with Crippen molar-refractivity contribution in [1.29, 1.82) is 0 Å². The minimum absolute atomic E-state index is 0.260. The van der Waals surface area contributed by atoms with Crippen molar-refractivity contribution in [3.63, 3.8) is 0 Å². The molecule has 1 aromatic rings. The molecular formula is C12H9F2NO3S. The minimum atomic E-state index is -2.55. The maximum absolute atomic E-state index is 12.0. The average Bonchev–Trinajstić information content (AvgIpc) is 2.66. The van der Waals surface area contributed by atoms with Crippen LogP contribution in [0.4, 0.5) is 13.6 Å². The second-order valence-electron chi connectivity index (χ2n) is 3.63. The summed E-state index contributed by atoms with van der Waals surface area (Å²) in [6, 6.07) is 6.36. The summed E-state index contributed by atoms with van der Waals surface area (Å²) >= 11 is 0.793. The van der Waals surface area contributed by atoms with Crippen molar-refractivity contribution < 1.29 is 23.1 Å². The second kappa shape index (κ2) is 5.83. The van der Waals surface area contributed by atoms with Crippen molar-refractivity contribution in [1.82, 2.24) is 5.32 Å². The van der Waals surface area contributed by atoms with Gasteiger partial charge in [0.05, 0.1) is 4.91 Å². The van der Waals surface area contributed by atoms with E-state index in [1.807, 2.05) is 0 Å². The Labute approximate surface area is 111 Å². The number of nitrogens with one attached hydrogen (secondary N) is 1. The Hall–Kier alpha value is -1.89. The van der Waals surface area contributed by atoms with Crippen LogP contribution in [-0.4, -0.2) is 24.2 Å². The van der Waals surface area contributed by atoms with E-state index in [9.17, 15) is 18.4 Å². The molecule has 1 aliphatic heterocycles. The molecule has 1 N–H and O–H groups in total. The molecule has 1 heterocycles. The third-order valence-electron chi connectivity index (χ3n) is 2.17. The number of rotatable bonds is 4. The predicted molar refractivity (Wildman–Crippen MR) is 67.0 cm³/mol. The lowest BCUT2D eigenvalue weighted by Crippen LogP contribution is -2.17. The predicted octanol–water partition coefficient (Wildman–Crippen LogP) is 2.65. The number of amides is 2. The summed E-state index contributed by atoms with van der Waals surface area (Å²) in [6.45, 7) is -0.687. The zero-order valence-electron chi connectivity index (χ0n) is 9.56. The van der Waals surface area contributed by atoms with Gasteiger partial charge in [-0.05, 0) is 35.5 Å². The van der Waals surface area contributed by atoms with Gasteiger partial charge in [0, 0.05) is 0 Å². The highest BCUT2D eigenvalue weighted by Gasteiger charge is 2.24. The van der Waals surface area contributed by atoms with Gasteiger partial charge in [0.25, 0.3) is 17.6 Å². The number of hydrogen-bond acceptors (Lipinski definition) is 4. The van der Waals surface area contributed by atoms with Gasteiger partial charge in [-0.2, -0.15) is 0 Å². The Balaban J connectivity index is 2.13. The van der Waals surface area contributed by atoms with Crippen LogP contribution in [0.2, 0.25) is 0 Å². The number of benzene rings is 1. The molecule has 19 heavy (non-hydrogen) atoms. The zero-order chi connectivity index (χ0) is 13.8. The van der Waals surface area contributed by atoms with Crippen molar-refractivity contribution >= 4 is 29.0 Å². The lowest BCUT2D eigenvalue weighted by Gasteiger charge is -2.05. The van der Waals surface area contributed by atoms with Gasteiger partial charge in [-0.1, -0.05) is 12.1 Å². The van der Waals surface area contributed by atoms with E-state index in [-0.39, 0.29) is 10.7 Å². The van der Waals surface area contributed by atoms with Crippen LogP contribution in [-0.2, 0) is 4.79 Å². The Kier molecular flexibility index (Phi) is 4.16. The molecule has 4 nitrogen and oxygen atoms in total. The maximum Gasteiger partial charge on any atom is 0.290 e. The third kappa shape index (κ3) is 3.78. The van der Waals surface area contributed by atoms with Crippen molar-refractivity contribution in [2.75, 3.05) is 6.61 Å². The number of ether oxygens (including phenoxy) is 1. The van der Waals surface area contributed by atoms with Crippen LogP contribution in [0.1, 0.15) is 5.56 Å². The highest BCUT2D eigenvalue weighted by Crippen LogP contribution is 2.26. The fraction of sp³-hybridized carbons (Fsp3) is 0.167. The molecule has 0 spiro atoms. The van der Waals surface area contributed by atoms with Gasteiger partial charge in [0.1, 0.15) is 12.4 Å². The smallest absolute Gasteiger partial charge is 0.290 e. The molecule has 0 saturated carbocycles. The summed E-state index contributed by atoms with van der Waals surface area (Å²) < 4.78 is 28.9. The molecule has 2 rings (SSSR count). The van der Waals surface area contributed by atoms with E-state index >= 15 is 0 Å². The maximum atomic E-state index is 12.0. The van der Waals surface area contributed by atoms with E-state index in [1.165, 1.54) is 18.2 Å². The summed E-state index contributed by atoms with van der Waals surface area (Å²) in [5.74, 6) is -0.182. The van der Waals surface area contributed by atoms with Crippen LogP contribution in [0.5, 0.6) is 5.75 Å². The number of carbonyl (C=O) groups excluding carboxylic acids is 2. The van der Waals surface area contributed by atoms with Gasteiger partial charge in [-0.15, -0.1) is 0 Å². The first-order valence-corrected chi connectivity index (χ1v) is 6.12. The quantitative estimate of drug-likeness (QED) is 0.864. The Bertz CT molecular complexity index is 546. The molecule has 0 unspecified atom stereocenters. The SMILES string of the molecule is O=C1NC(=O)C(=Cc2cccc(OCC(F)F)c2)S1. The molecular weight excluding hydrogens is 276 g/mol. The van der Waals surface area contributed by atoms with Gasteiger partial charge in [0.2, 0.25) is 0 Å². The molecule has 100 valence electrons. The molecule has 0 aromatic heterocycles. The normalized spacial score (nSPS) is 17.1. The van der Waals surface area contributed by atoms with E-state index in [1.54, 1.807) is 12.1 Å². The molecule has 1 fully saturated rings. The summed E-state index contributed by atoms with van der Waals surface area (Å²) in [5.41, 5.74) is 0.596. The molecule has 0 radical (unpaired) electrons. The lowest BCUT2D eigenvalue weighted by atomic mass is 10.2. The van der Waals surface area contributed by atoms with Gasteiger partial charge in [0.15, 0.2) is 0 Å². The number of carbonyl (C=O) groups is 2. The first-order chi connectivity index (χ1) is 9.04. The van der Waals surface area contributed by atoms with Crippen LogP contribution in [0.3, 0.4) is 0 Å². The standard InChI is InChI=1S/C12H9F2NO3S/c13-10(14)6-18-8-3-1-2-7(4-8)5-9-11(16)15-12(17)19-9/h1-5,10H,6H2,(H,15,16,17). The molecule has 1 aromatic carbocycles. The second-order valence-corrected chi connectivity index (χ2v) is 4.64. The first-order valence-electron chi connectivity index (χ1n) is 5.30. The number of imide groups is 1. The van der Waals surface area contributed by atoms with Crippen molar-refractivity contribution in [2.24, 2.45) is 0 Å². The summed E-state index contributed by atoms with van der Waals surface area (Å²) in [5, 5.41) is 1.70. The number of alkyl halides is 2. The Morgan fingerprint density at radius 2 is 2.16 bits per heavy atom. The third-order valence-corrected chi connectivity index (χ3v) is 2.98. The van der Waals surface area contributed by atoms with Crippen LogP contribution >= 0.6 is 11.8 Å². The molecule has 2 amide bonds. The molecule has 0 aliphatic carbocycles. The van der Waals surface area contributed by atoms with E-state index in [4.69, 9.17) is 4.74 Å². The summed E-state index contributed by atoms with van der Waals surface area (Å²) in [7, 11) is 0. The van der Waals surface area contributed by atoms with E-state index < -0.39 is 24.2 Å². The first kappa shape index (κ1) is 13.5. The van der Waals surface area contributed by atoms with Crippen LogP contribution in [0, 0.1) is 0 Å². The Morgan fingerprint density at radius 1 is 1.37 bits per heavy atom. The largest absolute Gasteiger partial charge is 0.488 e. The molecule has 1 saturated heterocycles. The fourth-order valence-electron chi connectivity index (χ4n) is 1.43. The highest BCUT2D eigenvalue weighted by atomic mass is 32.2. The Morgan fingerprint density at radius 3 is 2.79 bits per heavy atom. The van der Waals surface area contributed by atoms with Gasteiger partial charge in [-0.3, -0.25) is 14.9 Å². The van der Waals surface area contributed by atoms with E-state index in [0.29, 0.717) is 5.56 Å². The number of halogens is 2. The number of hydrogen-bond donors (Lipinski definition) is 1. The van der Waals surface area contributed by atoms with E-state index in [0.717, 1.165) is 11.8 Å². The van der Waals surface area contributed by atoms with E-state index in [2.05, 4.69) is 5.32 Å². The van der Waals surface area contributed by atoms with Gasteiger partial charge >= 0.3 is 0 Å². The fourth-order valence-corrected chi connectivity index (χ4v) is 2.11. The number of thioether (sulfide) groups is 1. The average molecular weight is 285 g/mol. The van der Waals surface area contributed by atoms with Gasteiger partial charge < -0.3 is 4.74 Å². The molecule has 7 heteroatoms. The van der Waals surface area contributed by atoms with Crippen LogP contribution < -0.4 is 10.1 Å². The lowest BCUT2D eigenvalue weighted by molar-refractivity contribution is -0.115. The monoisotopic (exact) mass is 285 g/mol. The topological polar surface area (TPSA) is 55.4 Å². The molecule has 0 bridgehead atoms. The summed E-state index contributed by atoms with van der Waals surface area (Å²) in [6.07, 6.45) is -1.05. The molecule has 0 atom stereocenters. The van der Waals surface area contributed by atoms with Gasteiger partial charge in [-0.25, -0.2) is 8.78 Å². The van der Waals surface area contributed by atoms with Crippen molar-refractivity contribution in [3.05, 3.63) is 34.7 Å². The zero-order valence-corrected chi connectivity index (χ0v) is 10.4. The highest BCUT2D eigenvalue weighted by molar-refractivity contribution is 8.18. The van der Waals surface area contributed by atoms with Crippen molar-refractivity contribution in [2.45, 2.75) is 6.43 Å². The molecule has 1 aliphatic rings. The van der Waals surface area contributed by atoms with Crippen molar-refractivity contribution in [3.8, 4) is 5.75 Å². The van der Waals surface area contributed by atoms with Crippen LogP contribution in [0.25, 0.3) is 6.08 Å². The summed E-state index contributed by atoms with van der Waals surface area (Å²) in [4.78, 5) is 22.6. The minimum Gasteiger partial charge on any atom is -0.488 e. The van der Waals surface area contributed by atoms with Crippen LogP contribution in [0.15, 0.2) is 29.2 Å².